The summed E-state index contributed by atoms with van der Waals surface area (Å²) in [7, 11) is 0. The summed E-state index contributed by atoms with van der Waals surface area (Å²) >= 11 is 0. The van der Waals surface area contributed by atoms with E-state index in [1.165, 1.54) is 0 Å². The summed E-state index contributed by atoms with van der Waals surface area (Å²) in [5.41, 5.74) is 7.90. The number of hydrogen-bond acceptors (Lipinski definition) is 6. The van der Waals surface area contributed by atoms with Crippen LogP contribution in [0.15, 0.2) is 35.4 Å². The molecule has 0 saturated carbocycles. The molecule has 0 aliphatic rings. The maximum atomic E-state index is 5.49. The second-order valence-electron chi connectivity index (χ2n) is 4.43. The minimum atomic E-state index is 0.374. The van der Waals surface area contributed by atoms with Gasteiger partial charge in [-0.05, 0) is 24.6 Å². The molecular formula is C13H14N6O. The van der Waals surface area contributed by atoms with Gasteiger partial charge in [-0.1, -0.05) is 5.16 Å². The van der Waals surface area contributed by atoms with E-state index in [2.05, 4.69) is 20.1 Å². The van der Waals surface area contributed by atoms with Gasteiger partial charge in [0.05, 0.1) is 6.33 Å². The zero-order valence-electron chi connectivity index (χ0n) is 11.0. The number of hydrogen-bond donors (Lipinski definition) is 1. The van der Waals surface area contributed by atoms with Crippen molar-refractivity contribution >= 4 is 0 Å². The summed E-state index contributed by atoms with van der Waals surface area (Å²) in [5.74, 6) is 0.830. The minimum Gasteiger partial charge on any atom is -0.335 e. The topological polar surface area (TPSA) is 95.7 Å². The molecule has 7 nitrogen and oxygen atoms in total. The Morgan fingerprint density at radius 1 is 1.30 bits per heavy atom. The number of rotatable bonds is 4. The molecule has 0 bridgehead atoms. The van der Waals surface area contributed by atoms with E-state index in [0.29, 0.717) is 36.2 Å². The van der Waals surface area contributed by atoms with Gasteiger partial charge in [0.15, 0.2) is 0 Å². The highest BCUT2D eigenvalue weighted by Gasteiger charge is 2.13. The van der Waals surface area contributed by atoms with E-state index in [4.69, 9.17) is 10.3 Å². The Kier molecular flexibility index (Phi) is 3.26. The first kappa shape index (κ1) is 12.5. The summed E-state index contributed by atoms with van der Waals surface area (Å²) in [4.78, 5) is 12.8. The molecule has 3 aromatic heterocycles. The lowest BCUT2D eigenvalue weighted by Gasteiger charge is -1.94. The largest absolute Gasteiger partial charge is 0.335 e. The number of nitrogens with two attached hydrogens (primary N) is 1. The van der Waals surface area contributed by atoms with E-state index in [1.54, 1.807) is 12.5 Å². The third-order valence-corrected chi connectivity index (χ3v) is 2.81. The van der Waals surface area contributed by atoms with Gasteiger partial charge in [-0.3, -0.25) is 4.98 Å². The van der Waals surface area contributed by atoms with Crippen LogP contribution in [-0.2, 0) is 6.54 Å². The van der Waals surface area contributed by atoms with Crippen LogP contribution in [0.4, 0.5) is 0 Å². The Labute approximate surface area is 115 Å². The first-order chi connectivity index (χ1) is 9.76. The van der Waals surface area contributed by atoms with Crippen molar-refractivity contribution in [3.63, 3.8) is 0 Å². The van der Waals surface area contributed by atoms with Crippen molar-refractivity contribution in [2.45, 2.75) is 13.5 Å². The molecular weight excluding hydrogens is 256 g/mol. The van der Waals surface area contributed by atoms with E-state index in [9.17, 15) is 0 Å². The number of aryl methyl sites for hydroxylation is 1. The van der Waals surface area contributed by atoms with Crippen molar-refractivity contribution in [2.75, 3.05) is 6.54 Å². The number of aromatic nitrogens is 5. The second kappa shape index (κ2) is 5.22. The molecule has 3 heterocycles. The Morgan fingerprint density at radius 3 is 3.00 bits per heavy atom. The quantitative estimate of drug-likeness (QED) is 0.766. The van der Waals surface area contributed by atoms with Crippen molar-refractivity contribution in [3.8, 4) is 23.1 Å². The molecule has 7 heteroatoms. The first-order valence-electron chi connectivity index (χ1n) is 6.25. The second-order valence-corrected chi connectivity index (χ2v) is 4.43. The molecule has 0 fully saturated rings. The van der Waals surface area contributed by atoms with E-state index < -0.39 is 0 Å². The van der Waals surface area contributed by atoms with Gasteiger partial charge in [-0.2, -0.15) is 4.98 Å². The van der Waals surface area contributed by atoms with Crippen LogP contribution in [0.3, 0.4) is 0 Å². The van der Waals surface area contributed by atoms with Gasteiger partial charge in [0, 0.05) is 25.5 Å². The molecule has 0 atom stereocenters. The van der Waals surface area contributed by atoms with Gasteiger partial charge in [-0.15, -0.1) is 0 Å². The average molecular weight is 270 g/mol. The highest BCUT2D eigenvalue weighted by atomic mass is 16.5. The molecule has 0 aromatic carbocycles. The van der Waals surface area contributed by atoms with E-state index in [1.807, 2.05) is 29.8 Å². The standard InChI is InChI=1S/C13H14N6O/c1-9-2-4-15-10(6-9)12-17-13(20-18-12)11-7-19(5-3-14)8-16-11/h2,4,6-8H,3,5,14H2,1H3. The number of imidazole rings is 1. The van der Waals surface area contributed by atoms with Crippen molar-refractivity contribution in [1.82, 2.24) is 24.7 Å². The Hall–Kier alpha value is -2.54. The van der Waals surface area contributed by atoms with E-state index in [-0.39, 0.29) is 0 Å². The first-order valence-corrected chi connectivity index (χ1v) is 6.25. The zero-order chi connectivity index (χ0) is 13.9. The molecule has 2 N–H and O–H groups in total. The van der Waals surface area contributed by atoms with Crippen LogP contribution in [0.2, 0.25) is 0 Å². The molecule has 0 amide bonds. The van der Waals surface area contributed by atoms with Gasteiger partial charge in [0.2, 0.25) is 5.82 Å². The molecule has 0 saturated heterocycles. The van der Waals surface area contributed by atoms with E-state index in [0.717, 1.165) is 5.56 Å². The van der Waals surface area contributed by atoms with Crippen LogP contribution in [0.25, 0.3) is 23.1 Å². The van der Waals surface area contributed by atoms with Crippen LogP contribution >= 0.6 is 0 Å². The minimum absolute atomic E-state index is 0.374. The average Bonchev–Trinajstić information content (AvgIpc) is 3.07. The summed E-state index contributed by atoms with van der Waals surface area (Å²) in [6, 6.07) is 3.82. The third kappa shape index (κ3) is 2.43. The maximum absolute atomic E-state index is 5.49. The SMILES string of the molecule is Cc1ccnc(-c2noc(-c3cn(CCN)cn3)n2)c1. The maximum Gasteiger partial charge on any atom is 0.278 e. The molecule has 102 valence electrons. The Morgan fingerprint density at radius 2 is 2.20 bits per heavy atom. The third-order valence-electron chi connectivity index (χ3n) is 2.81. The molecule has 20 heavy (non-hydrogen) atoms. The smallest absolute Gasteiger partial charge is 0.278 e. The molecule has 3 rings (SSSR count). The van der Waals surface area contributed by atoms with Crippen molar-refractivity contribution in [1.29, 1.82) is 0 Å². The lowest BCUT2D eigenvalue weighted by atomic mass is 10.2. The summed E-state index contributed by atoms with van der Waals surface area (Å²) in [6.07, 6.45) is 5.24. The van der Waals surface area contributed by atoms with Crippen molar-refractivity contribution in [2.24, 2.45) is 5.73 Å². The summed E-state index contributed by atoms with van der Waals surface area (Å²) in [6.45, 7) is 3.24. The predicted molar refractivity (Wildman–Crippen MR) is 72.5 cm³/mol. The van der Waals surface area contributed by atoms with Crippen molar-refractivity contribution < 1.29 is 4.52 Å². The van der Waals surface area contributed by atoms with Gasteiger partial charge in [0.1, 0.15) is 11.4 Å². The number of pyridine rings is 1. The van der Waals surface area contributed by atoms with Crippen LogP contribution in [0.5, 0.6) is 0 Å². The Balaban J connectivity index is 1.89. The van der Waals surface area contributed by atoms with Gasteiger partial charge in [0.25, 0.3) is 5.89 Å². The van der Waals surface area contributed by atoms with Crippen molar-refractivity contribution in [3.05, 3.63) is 36.4 Å². The van der Waals surface area contributed by atoms with Crippen LogP contribution in [-0.4, -0.2) is 31.2 Å². The molecule has 3 aromatic rings. The van der Waals surface area contributed by atoms with Gasteiger partial charge >= 0.3 is 0 Å². The van der Waals surface area contributed by atoms with Crippen LogP contribution in [0.1, 0.15) is 5.56 Å². The normalized spacial score (nSPS) is 10.9. The fourth-order valence-corrected chi connectivity index (χ4v) is 1.83. The monoisotopic (exact) mass is 270 g/mol. The molecule has 0 aliphatic carbocycles. The van der Waals surface area contributed by atoms with Gasteiger partial charge < -0.3 is 14.8 Å². The summed E-state index contributed by atoms with van der Waals surface area (Å²) in [5, 5.41) is 3.94. The predicted octanol–water partition coefficient (Wildman–Crippen LogP) is 1.26. The molecule has 0 spiro atoms. The lowest BCUT2D eigenvalue weighted by Crippen LogP contribution is -2.07. The fourth-order valence-electron chi connectivity index (χ4n) is 1.83. The molecule has 0 aliphatic heterocycles. The number of nitrogens with zero attached hydrogens (tertiary/aromatic N) is 5. The van der Waals surface area contributed by atoms with E-state index >= 15 is 0 Å². The van der Waals surface area contributed by atoms with Crippen LogP contribution < -0.4 is 5.73 Å². The molecule has 0 radical (unpaired) electrons. The summed E-state index contributed by atoms with van der Waals surface area (Å²) < 4.78 is 7.11. The zero-order valence-corrected chi connectivity index (χ0v) is 11.0. The highest BCUT2D eigenvalue weighted by molar-refractivity contribution is 5.54. The molecule has 0 unspecified atom stereocenters. The lowest BCUT2D eigenvalue weighted by molar-refractivity contribution is 0.431. The highest BCUT2D eigenvalue weighted by Crippen LogP contribution is 2.19. The fraction of sp³-hybridized carbons (Fsp3) is 0.231. The van der Waals surface area contributed by atoms with Gasteiger partial charge in [-0.25, -0.2) is 4.98 Å². The Bertz CT molecular complexity index is 717. The van der Waals surface area contributed by atoms with Crippen LogP contribution in [0, 0.1) is 6.92 Å².